The van der Waals surface area contributed by atoms with Gasteiger partial charge in [-0.15, -0.1) is 0 Å². The van der Waals surface area contributed by atoms with Crippen molar-refractivity contribution in [1.82, 2.24) is 0 Å². The molecule has 1 unspecified atom stereocenters. The molecule has 6 heteroatoms. The number of hydrogen-bond acceptors (Lipinski definition) is 5. The monoisotopic (exact) mass is 393 g/mol. The zero-order chi connectivity index (χ0) is 20.7. The van der Waals surface area contributed by atoms with Gasteiger partial charge in [0.15, 0.2) is 23.0 Å². The fraction of sp³-hybridized carbons (Fsp3) is 0.304. The number of anilines is 1. The number of fused-ring (bicyclic) bond motifs is 1. The Bertz CT molecular complexity index is 1010. The summed E-state index contributed by atoms with van der Waals surface area (Å²) >= 11 is 0. The van der Waals surface area contributed by atoms with Crippen molar-refractivity contribution in [2.75, 3.05) is 11.7 Å². The number of amides is 1. The number of carbonyl (C=O) groups is 2. The first kappa shape index (κ1) is 19.1. The quantitative estimate of drug-likeness (QED) is 0.814. The highest BCUT2D eigenvalue weighted by Crippen LogP contribution is 2.44. The fourth-order valence-corrected chi connectivity index (χ4v) is 3.76. The van der Waals surface area contributed by atoms with Crippen molar-refractivity contribution in [1.29, 1.82) is 0 Å². The first-order valence-corrected chi connectivity index (χ1v) is 9.71. The van der Waals surface area contributed by atoms with Crippen LogP contribution in [-0.2, 0) is 9.59 Å². The van der Waals surface area contributed by atoms with Crippen molar-refractivity contribution in [2.24, 2.45) is 0 Å². The molecule has 2 aromatic rings. The molecule has 2 heterocycles. The number of nitrogens with zero attached hydrogens (tertiary/aromatic N) is 1. The number of hydrogen-bond donors (Lipinski definition) is 1. The van der Waals surface area contributed by atoms with E-state index in [1.54, 1.807) is 25.1 Å². The predicted molar refractivity (Wildman–Crippen MR) is 108 cm³/mol. The molecule has 1 atom stereocenters. The smallest absolute Gasteiger partial charge is 0.294 e. The van der Waals surface area contributed by atoms with Gasteiger partial charge >= 0.3 is 0 Å². The highest BCUT2D eigenvalue weighted by atomic mass is 16.7. The molecule has 6 nitrogen and oxygen atoms in total. The molecule has 29 heavy (non-hydrogen) atoms. The van der Waals surface area contributed by atoms with Gasteiger partial charge in [-0.3, -0.25) is 14.5 Å². The largest absolute Gasteiger partial charge is 0.503 e. The maximum absolute atomic E-state index is 13.0. The molecule has 1 N–H and O–H groups in total. The van der Waals surface area contributed by atoms with Crippen LogP contribution in [0.25, 0.3) is 0 Å². The highest BCUT2D eigenvalue weighted by molar-refractivity contribution is 6.16. The number of rotatable bonds is 5. The second-order valence-corrected chi connectivity index (χ2v) is 7.48. The summed E-state index contributed by atoms with van der Waals surface area (Å²) in [5.74, 6) is 0.141. The van der Waals surface area contributed by atoms with Gasteiger partial charge < -0.3 is 14.6 Å². The van der Waals surface area contributed by atoms with Crippen LogP contribution in [0.3, 0.4) is 0 Å². The molecule has 0 saturated heterocycles. The van der Waals surface area contributed by atoms with Gasteiger partial charge in [0.05, 0.1) is 11.6 Å². The Morgan fingerprint density at radius 3 is 2.48 bits per heavy atom. The predicted octanol–water partition coefficient (Wildman–Crippen LogP) is 4.42. The number of aliphatic hydroxyl groups excluding tert-OH is 1. The van der Waals surface area contributed by atoms with Crippen molar-refractivity contribution in [3.8, 4) is 11.5 Å². The lowest BCUT2D eigenvalue weighted by Crippen LogP contribution is -2.31. The molecule has 2 aromatic carbocycles. The van der Waals surface area contributed by atoms with E-state index in [1.165, 1.54) is 4.90 Å². The minimum atomic E-state index is -0.698. The highest BCUT2D eigenvalue weighted by Gasteiger charge is 2.44. The van der Waals surface area contributed by atoms with E-state index in [4.69, 9.17) is 9.47 Å². The van der Waals surface area contributed by atoms with Crippen LogP contribution in [0.4, 0.5) is 5.69 Å². The third kappa shape index (κ3) is 3.14. The molecule has 1 amide bonds. The molecule has 2 aliphatic heterocycles. The van der Waals surface area contributed by atoms with E-state index in [-0.39, 0.29) is 24.6 Å². The van der Waals surface area contributed by atoms with Crippen LogP contribution in [0.5, 0.6) is 11.5 Å². The summed E-state index contributed by atoms with van der Waals surface area (Å²) in [5.41, 5.74) is 2.58. The van der Waals surface area contributed by atoms with E-state index in [1.807, 2.05) is 24.3 Å². The Kier molecular flexibility index (Phi) is 4.78. The maximum Gasteiger partial charge on any atom is 0.294 e. The minimum Gasteiger partial charge on any atom is -0.503 e. The van der Waals surface area contributed by atoms with Crippen molar-refractivity contribution < 1.29 is 24.2 Å². The Morgan fingerprint density at radius 1 is 1.14 bits per heavy atom. The molecule has 0 spiro atoms. The van der Waals surface area contributed by atoms with Crippen LogP contribution in [0.2, 0.25) is 0 Å². The second kappa shape index (κ2) is 7.28. The third-order valence-electron chi connectivity index (χ3n) is 5.38. The van der Waals surface area contributed by atoms with Gasteiger partial charge in [0.25, 0.3) is 5.91 Å². The fourth-order valence-electron chi connectivity index (χ4n) is 3.76. The Labute approximate surface area is 169 Å². The lowest BCUT2D eigenvalue weighted by Gasteiger charge is -2.27. The van der Waals surface area contributed by atoms with Gasteiger partial charge in [0.2, 0.25) is 6.79 Å². The summed E-state index contributed by atoms with van der Waals surface area (Å²) in [5, 5.41) is 10.6. The lowest BCUT2D eigenvalue weighted by atomic mass is 9.92. The number of aliphatic hydroxyl groups is 1. The summed E-state index contributed by atoms with van der Waals surface area (Å²) < 4.78 is 10.8. The van der Waals surface area contributed by atoms with Crippen LogP contribution >= 0.6 is 0 Å². The lowest BCUT2D eigenvalue weighted by molar-refractivity contribution is -0.118. The second-order valence-electron chi connectivity index (χ2n) is 7.48. The standard InChI is InChI=1S/C23H23NO5/c1-4-17(25)20-21(15-7-5-14(6-8-15)13(2)3)24(23(27)22(20)26)16-9-10-18-19(11-16)29-12-28-18/h5-11,13,21,26H,4,12H2,1-3H3. The third-order valence-corrected chi connectivity index (χ3v) is 5.38. The first-order chi connectivity index (χ1) is 13.9. The Morgan fingerprint density at radius 2 is 1.83 bits per heavy atom. The van der Waals surface area contributed by atoms with Crippen molar-refractivity contribution >= 4 is 17.4 Å². The first-order valence-electron chi connectivity index (χ1n) is 9.71. The number of benzene rings is 2. The van der Waals surface area contributed by atoms with E-state index < -0.39 is 17.7 Å². The van der Waals surface area contributed by atoms with Gasteiger partial charge in [0, 0.05) is 18.2 Å². The average Bonchev–Trinajstić information content (AvgIpc) is 3.29. The summed E-state index contributed by atoms with van der Waals surface area (Å²) in [6.45, 7) is 6.04. The molecule has 0 bridgehead atoms. The zero-order valence-electron chi connectivity index (χ0n) is 16.6. The molecule has 4 rings (SSSR count). The van der Waals surface area contributed by atoms with Crippen LogP contribution in [-0.4, -0.2) is 23.6 Å². The van der Waals surface area contributed by atoms with Crippen molar-refractivity contribution in [3.63, 3.8) is 0 Å². The van der Waals surface area contributed by atoms with E-state index in [0.717, 1.165) is 11.1 Å². The molecule has 0 aliphatic carbocycles. The maximum atomic E-state index is 13.0. The Hall–Kier alpha value is -3.28. The molecule has 150 valence electrons. The molecule has 0 saturated carbocycles. The number of ether oxygens (including phenoxy) is 2. The zero-order valence-corrected chi connectivity index (χ0v) is 16.6. The van der Waals surface area contributed by atoms with E-state index >= 15 is 0 Å². The van der Waals surface area contributed by atoms with E-state index in [2.05, 4.69) is 13.8 Å². The molecular weight excluding hydrogens is 370 g/mol. The van der Waals surface area contributed by atoms with Crippen LogP contribution in [0, 0.1) is 0 Å². The van der Waals surface area contributed by atoms with Gasteiger partial charge in [0.1, 0.15) is 0 Å². The van der Waals surface area contributed by atoms with Gasteiger partial charge in [-0.05, 0) is 29.2 Å². The summed E-state index contributed by atoms with van der Waals surface area (Å²) in [6, 6.07) is 12.3. The van der Waals surface area contributed by atoms with Gasteiger partial charge in [-0.25, -0.2) is 0 Å². The number of Topliss-reactive ketones (excluding diaryl/α,β-unsaturated/α-hetero) is 1. The van der Waals surface area contributed by atoms with Crippen LogP contribution in [0.15, 0.2) is 53.8 Å². The summed E-state index contributed by atoms with van der Waals surface area (Å²) in [7, 11) is 0. The SMILES string of the molecule is CCC(=O)C1=C(O)C(=O)N(c2ccc3c(c2)OCO3)C1c1ccc(C(C)C)cc1. The Balaban J connectivity index is 1.83. The summed E-state index contributed by atoms with van der Waals surface area (Å²) in [4.78, 5) is 27.1. The number of carbonyl (C=O) groups excluding carboxylic acids is 2. The van der Waals surface area contributed by atoms with Crippen LogP contribution < -0.4 is 14.4 Å². The molecular formula is C23H23NO5. The number of ketones is 1. The normalized spacial score (nSPS) is 18.1. The van der Waals surface area contributed by atoms with E-state index in [0.29, 0.717) is 23.1 Å². The topological polar surface area (TPSA) is 76.1 Å². The molecule has 2 aliphatic rings. The van der Waals surface area contributed by atoms with Crippen LogP contribution in [0.1, 0.15) is 50.3 Å². The minimum absolute atomic E-state index is 0.121. The molecule has 0 fully saturated rings. The van der Waals surface area contributed by atoms with Crippen molar-refractivity contribution in [3.05, 3.63) is 64.9 Å². The van der Waals surface area contributed by atoms with E-state index in [9.17, 15) is 14.7 Å². The molecule has 0 radical (unpaired) electrons. The van der Waals surface area contributed by atoms with Crippen molar-refractivity contribution in [2.45, 2.75) is 39.2 Å². The molecule has 0 aromatic heterocycles. The van der Waals surface area contributed by atoms with Gasteiger partial charge in [-0.2, -0.15) is 0 Å². The summed E-state index contributed by atoms with van der Waals surface area (Å²) in [6.07, 6.45) is 0.197. The van der Waals surface area contributed by atoms with Gasteiger partial charge in [-0.1, -0.05) is 45.0 Å². The average molecular weight is 393 g/mol.